The summed E-state index contributed by atoms with van der Waals surface area (Å²) in [6, 6.07) is 4.04. The number of nitrogens with zero attached hydrogens (tertiary/aromatic N) is 1. The second-order valence-corrected chi connectivity index (χ2v) is 6.26. The lowest BCUT2D eigenvalue weighted by atomic mass is 9.76. The number of hydrogen-bond acceptors (Lipinski definition) is 4. The summed E-state index contributed by atoms with van der Waals surface area (Å²) in [5.41, 5.74) is -0.694. The molecule has 0 bridgehead atoms. The maximum Gasteiger partial charge on any atom is 0.262 e. The number of rotatable bonds is 4. The van der Waals surface area contributed by atoms with Crippen LogP contribution in [0.3, 0.4) is 0 Å². The topological polar surface area (TPSA) is 62.1 Å². The maximum atomic E-state index is 12.2. The van der Waals surface area contributed by atoms with Gasteiger partial charge in [-0.15, -0.1) is 11.3 Å². The molecule has 20 heavy (non-hydrogen) atoms. The minimum Gasteiger partial charge on any atom is -0.496 e. The largest absolute Gasteiger partial charge is 0.496 e. The first-order chi connectivity index (χ1) is 9.62. The summed E-state index contributed by atoms with van der Waals surface area (Å²) in [5, 5.41) is 14.2. The quantitative estimate of drug-likeness (QED) is 0.925. The Hall–Kier alpha value is -1.54. The predicted octanol–water partition coefficient (Wildman–Crippen LogP) is 3.35. The van der Waals surface area contributed by atoms with Gasteiger partial charge in [-0.05, 0) is 31.6 Å². The fourth-order valence-corrected chi connectivity index (χ4v) is 3.42. The second kappa shape index (κ2) is 6.27. The Morgan fingerprint density at radius 3 is 2.80 bits per heavy atom. The number of amides is 1. The van der Waals surface area contributed by atoms with Gasteiger partial charge in [0.05, 0.1) is 18.1 Å². The van der Waals surface area contributed by atoms with Crippen molar-refractivity contribution in [2.24, 2.45) is 5.92 Å². The van der Waals surface area contributed by atoms with Crippen molar-refractivity contribution in [1.82, 2.24) is 5.32 Å². The molecule has 0 aliphatic heterocycles. The van der Waals surface area contributed by atoms with E-state index in [9.17, 15) is 10.1 Å². The van der Waals surface area contributed by atoms with Gasteiger partial charge in [0.15, 0.2) is 0 Å². The van der Waals surface area contributed by atoms with E-state index in [1.807, 2.05) is 0 Å². The molecule has 1 aromatic rings. The molecular formula is C15H20N2O2S. The number of nitrogens with one attached hydrogen (secondary N) is 1. The van der Waals surface area contributed by atoms with Gasteiger partial charge in [-0.1, -0.05) is 13.3 Å². The third-order valence-corrected chi connectivity index (χ3v) is 5.05. The first-order valence-electron chi connectivity index (χ1n) is 6.98. The van der Waals surface area contributed by atoms with Gasteiger partial charge in [0, 0.05) is 11.4 Å². The van der Waals surface area contributed by atoms with Crippen molar-refractivity contribution in [3.05, 3.63) is 16.3 Å². The molecule has 108 valence electrons. The van der Waals surface area contributed by atoms with Crippen LogP contribution in [0.4, 0.5) is 0 Å². The van der Waals surface area contributed by atoms with Gasteiger partial charge < -0.3 is 10.1 Å². The third kappa shape index (κ3) is 3.13. The van der Waals surface area contributed by atoms with Crippen LogP contribution in [0.5, 0.6) is 5.75 Å². The molecule has 1 amide bonds. The lowest BCUT2D eigenvalue weighted by molar-refractivity contribution is 0.0895. The number of thiophene rings is 1. The van der Waals surface area contributed by atoms with Gasteiger partial charge in [-0.25, -0.2) is 0 Å². The zero-order valence-corrected chi connectivity index (χ0v) is 12.8. The number of hydrogen-bond donors (Lipinski definition) is 1. The molecular weight excluding hydrogens is 272 g/mol. The van der Waals surface area contributed by atoms with Crippen LogP contribution in [0.1, 0.15) is 48.7 Å². The van der Waals surface area contributed by atoms with Crippen LogP contribution in [-0.4, -0.2) is 18.6 Å². The summed E-state index contributed by atoms with van der Waals surface area (Å²) < 4.78 is 5.08. The predicted molar refractivity (Wildman–Crippen MR) is 78.9 cm³/mol. The molecule has 1 heterocycles. The number of ether oxygens (including phenoxy) is 1. The van der Waals surface area contributed by atoms with Crippen molar-refractivity contribution >= 4 is 17.2 Å². The highest BCUT2D eigenvalue weighted by Gasteiger charge is 2.36. The zero-order chi connectivity index (χ0) is 14.6. The molecule has 1 saturated carbocycles. The van der Waals surface area contributed by atoms with Crippen molar-refractivity contribution in [3.63, 3.8) is 0 Å². The zero-order valence-electron chi connectivity index (χ0n) is 11.9. The van der Waals surface area contributed by atoms with Gasteiger partial charge in [0.1, 0.15) is 11.3 Å². The van der Waals surface area contributed by atoms with Crippen molar-refractivity contribution in [2.45, 2.75) is 44.6 Å². The van der Waals surface area contributed by atoms with E-state index < -0.39 is 5.54 Å². The average Bonchev–Trinajstić information content (AvgIpc) is 2.97. The standard InChI is InChI=1S/C15H20N2O2S/c1-3-11-4-6-15(10-16,7-5-11)17-14(18)13-8-12(19-2)9-20-13/h8-9,11H,3-7H2,1-2H3,(H,17,18). The first kappa shape index (κ1) is 14.9. The Morgan fingerprint density at radius 1 is 1.60 bits per heavy atom. The molecule has 0 aromatic carbocycles. The minimum absolute atomic E-state index is 0.171. The van der Waals surface area contributed by atoms with E-state index in [0.717, 1.165) is 32.1 Å². The van der Waals surface area contributed by atoms with E-state index in [1.165, 1.54) is 11.3 Å². The molecule has 1 aromatic heterocycles. The highest BCUT2D eigenvalue weighted by molar-refractivity contribution is 7.12. The van der Waals surface area contributed by atoms with E-state index >= 15 is 0 Å². The Kier molecular flexibility index (Phi) is 4.66. The number of methoxy groups -OCH3 is 1. The van der Waals surface area contributed by atoms with E-state index in [0.29, 0.717) is 16.5 Å². The lowest BCUT2D eigenvalue weighted by Crippen LogP contribution is -2.49. The van der Waals surface area contributed by atoms with Gasteiger partial charge >= 0.3 is 0 Å². The molecule has 0 radical (unpaired) electrons. The minimum atomic E-state index is -0.694. The fourth-order valence-electron chi connectivity index (χ4n) is 2.67. The molecule has 0 spiro atoms. The molecule has 5 heteroatoms. The molecule has 1 aliphatic carbocycles. The summed E-state index contributed by atoms with van der Waals surface area (Å²) in [7, 11) is 1.58. The Balaban J connectivity index is 2.03. The van der Waals surface area contributed by atoms with Crippen LogP contribution in [0.15, 0.2) is 11.4 Å². The summed E-state index contributed by atoms with van der Waals surface area (Å²) in [5.74, 6) is 1.20. The van der Waals surface area contributed by atoms with Crippen molar-refractivity contribution in [2.75, 3.05) is 7.11 Å². The summed E-state index contributed by atoms with van der Waals surface area (Å²) >= 11 is 1.34. The van der Waals surface area contributed by atoms with Crippen LogP contribution in [0.25, 0.3) is 0 Å². The highest BCUT2D eigenvalue weighted by Crippen LogP contribution is 2.34. The summed E-state index contributed by atoms with van der Waals surface area (Å²) in [6.45, 7) is 2.18. The molecule has 4 nitrogen and oxygen atoms in total. The van der Waals surface area contributed by atoms with Crippen molar-refractivity contribution in [1.29, 1.82) is 5.26 Å². The van der Waals surface area contributed by atoms with E-state index in [4.69, 9.17) is 4.74 Å². The molecule has 0 unspecified atom stereocenters. The molecule has 1 aliphatic rings. The maximum absolute atomic E-state index is 12.2. The highest BCUT2D eigenvalue weighted by atomic mass is 32.1. The number of nitriles is 1. The van der Waals surface area contributed by atoms with E-state index in [-0.39, 0.29) is 5.91 Å². The van der Waals surface area contributed by atoms with Crippen LogP contribution < -0.4 is 10.1 Å². The molecule has 1 N–H and O–H groups in total. The van der Waals surface area contributed by atoms with Crippen molar-refractivity contribution < 1.29 is 9.53 Å². The normalized spacial score (nSPS) is 25.8. The molecule has 0 atom stereocenters. The first-order valence-corrected chi connectivity index (χ1v) is 7.86. The van der Waals surface area contributed by atoms with Crippen LogP contribution in [-0.2, 0) is 0 Å². The second-order valence-electron chi connectivity index (χ2n) is 5.35. The van der Waals surface area contributed by atoms with Gasteiger partial charge in [-0.2, -0.15) is 5.26 Å². The van der Waals surface area contributed by atoms with Crippen molar-refractivity contribution in [3.8, 4) is 11.8 Å². The summed E-state index contributed by atoms with van der Waals surface area (Å²) in [6.07, 6.45) is 4.67. The fraction of sp³-hybridized carbons (Fsp3) is 0.600. The van der Waals surface area contributed by atoms with E-state index in [2.05, 4.69) is 18.3 Å². The van der Waals surface area contributed by atoms with Crippen LogP contribution in [0.2, 0.25) is 0 Å². The van der Waals surface area contributed by atoms with Gasteiger partial charge in [0.25, 0.3) is 5.91 Å². The third-order valence-electron chi connectivity index (χ3n) is 4.14. The number of carbonyl (C=O) groups is 1. The molecule has 2 rings (SSSR count). The van der Waals surface area contributed by atoms with Crippen LogP contribution in [0, 0.1) is 17.2 Å². The monoisotopic (exact) mass is 292 g/mol. The van der Waals surface area contributed by atoms with Gasteiger partial charge in [-0.3, -0.25) is 4.79 Å². The number of carbonyl (C=O) groups excluding carboxylic acids is 1. The Labute approximate surface area is 123 Å². The van der Waals surface area contributed by atoms with E-state index in [1.54, 1.807) is 18.6 Å². The molecule has 1 fully saturated rings. The smallest absolute Gasteiger partial charge is 0.262 e. The Bertz CT molecular complexity index is 510. The molecule has 0 saturated heterocycles. The average molecular weight is 292 g/mol. The van der Waals surface area contributed by atoms with Crippen LogP contribution >= 0.6 is 11.3 Å². The lowest BCUT2D eigenvalue weighted by Gasteiger charge is -2.35. The Morgan fingerprint density at radius 2 is 2.30 bits per heavy atom. The van der Waals surface area contributed by atoms with Gasteiger partial charge in [0.2, 0.25) is 0 Å². The SMILES string of the molecule is CCC1CCC(C#N)(NC(=O)c2cc(OC)cs2)CC1. The summed E-state index contributed by atoms with van der Waals surface area (Å²) in [4.78, 5) is 12.8.